The van der Waals surface area contributed by atoms with Crippen molar-refractivity contribution in [3.8, 4) is 6.07 Å². The first-order valence-electron chi connectivity index (χ1n) is 5.42. The lowest BCUT2D eigenvalue weighted by Gasteiger charge is -2.05. The minimum absolute atomic E-state index is 0.604. The van der Waals surface area contributed by atoms with Gasteiger partial charge in [-0.25, -0.2) is 0 Å². The highest BCUT2D eigenvalue weighted by molar-refractivity contribution is 5.54. The number of rotatable bonds is 4. The molecular formula is C12H14N4O. The van der Waals surface area contributed by atoms with Gasteiger partial charge in [-0.05, 0) is 19.1 Å². The highest BCUT2D eigenvalue weighted by Crippen LogP contribution is 2.17. The van der Waals surface area contributed by atoms with E-state index in [0.29, 0.717) is 12.1 Å². The summed E-state index contributed by atoms with van der Waals surface area (Å²) >= 11 is 0. The van der Waals surface area contributed by atoms with Crippen LogP contribution in [0.3, 0.4) is 0 Å². The SMILES string of the molecule is Cc1nn(C)c(NCCc2ccco2)c1C#N. The summed E-state index contributed by atoms with van der Waals surface area (Å²) in [5.74, 6) is 1.69. The molecule has 0 unspecified atom stereocenters. The minimum atomic E-state index is 0.604. The molecule has 5 nitrogen and oxygen atoms in total. The fourth-order valence-electron chi connectivity index (χ4n) is 1.75. The van der Waals surface area contributed by atoms with E-state index in [4.69, 9.17) is 9.68 Å². The molecule has 0 saturated heterocycles. The molecule has 0 spiro atoms. The van der Waals surface area contributed by atoms with Gasteiger partial charge in [-0.1, -0.05) is 0 Å². The molecule has 5 heteroatoms. The minimum Gasteiger partial charge on any atom is -0.469 e. The Bertz CT molecular complexity index is 534. The quantitative estimate of drug-likeness (QED) is 0.870. The lowest BCUT2D eigenvalue weighted by atomic mass is 10.2. The van der Waals surface area contributed by atoms with Crippen molar-refractivity contribution in [1.82, 2.24) is 9.78 Å². The zero-order valence-electron chi connectivity index (χ0n) is 9.90. The van der Waals surface area contributed by atoms with Gasteiger partial charge in [0.1, 0.15) is 23.2 Å². The Morgan fingerprint density at radius 1 is 1.59 bits per heavy atom. The predicted octanol–water partition coefficient (Wildman–Crippen LogP) is 1.85. The normalized spacial score (nSPS) is 10.2. The number of aromatic nitrogens is 2. The summed E-state index contributed by atoms with van der Waals surface area (Å²) < 4.78 is 6.93. The Morgan fingerprint density at radius 2 is 2.41 bits per heavy atom. The van der Waals surface area contributed by atoms with Crippen LogP contribution in [0.4, 0.5) is 5.82 Å². The molecule has 0 saturated carbocycles. The van der Waals surface area contributed by atoms with E-state index in [9.17, 15) is 0 Å². The van der Waals surface area contributed by atoms with E-state index < -0.39 is 0 Å². The topological polar surface area (TPSA) is 66.8 Å². The summed E-state index contributed by atoms with van der Waals surface area (Å²) in [6, 6.07) is 5.96. The number of anilines is 1. The average Bonchev–Trinajstić information content (AvgIpc) is 2.88. The average molecular weight is 230 g/mol. The summed E-state index contributed by atoms with van der Waals surface area (Å²) in [7, 11) is 1.82. The Kier molecular flexibility index (Phi) is 3.15. The first-order chi connectivity index (χ1) is 8.22. The van der Waals surface area contributed by atoms with Crippen LogP contribution in [-0.4, -0.2) is 16.3 Å². The van der Waals surface area contributed by atoms with E-state index in [1.807, 2.05) is 26.1 Å². The monoisotopic (exact) mass is 230 g/mol. The molecular weight excluding hydrogens is 216 g/mol. The fraction of sp³-hybridized carbons (Fsp3) is 0.333. The fourth-order valence-corrected chi connectivity index (χ4v) is 1.75. The van der Waals surface area contributed by atoms with Crippen molar-refractivity contribution >= 4 is 5.82 Å². The van der Waals surface area contributed by atoms with E-state index in [0.717, 1.165) is 23.7 Å². The number of furan rings is 1. The zero-order valence-corrected chi connectivity index (χ0v) is 9.90. The lowest BCUT2D eigenvalue weighted by Crippen LogP contribution is -2.09. The maximum absolute atomic E-state index is 9.03. The number of nitriles is 1. The van der Waals surface area contributed by atoms with Crippen LogP contribution in [0.25, 0.3) is 0 Å². The molecule has 2 rings (SSSR count). The Morgan fingerprint density at radius 3 is 3.06 bits per heavy atom. The molecule has 0 atom stereocenters. The molecule has 0 bridgehead atoms. The van der Waals surface area contributed by atoms with E-state index in [2.05, 4.69) is 16.5 Å². The van der Waals surface area contributed by atoms with Crippen LogP contribution >= 0.6 is 0 Å². The molecule has 0 amide bonds. The standard InChI is InChI=1S/C12H14N4O/c1-9-11(8-13)12(16(2)15-9)14-6-5-10-4-3-7-17-10/h3-4,7,14H,5-6H2,1-2H3. The van der Waals surface area contributed by atoms with Gasteiger partial charge in [0.05, 0.1) is 12.0 Å². The molecule has 0 aliphatic carbocycles. The molecule has 0 aliphatic rings. The third-order valence-electron chi connectivity index (χ3n) is 2.58. The number of hydrogen-bond acceptors (Lipinski definition) is 4. The van der Waals surface area contributed by atoms with Gasteiger partial charge in [-0.15, -0.1) is 0 Å². The highest BCUT2D eigenvalue weighted by atomic mass is 16.3. The molecule has 2 aromatic rings. The Balaban J connectivity index is 2.02. The largest absolute Gasteiger partial charge is 0.469 e. The van der Waals surface area contributed by atoms with Crippen LogP contribution in [0.2, 0.25) is 0 Å². The summed E-state index contributed by atoms with van der Waals surface area (Å²) in [6.45, 7) is 2.54. The van der Waals surface area contributed by atoms with Crippen LogP contribution < -0.4 is 5.32 Å². The third kappa shape index (κ3) is 2.31. The zero-order chi connectivity index (χ0) is 12.3. The first kappa shape index (κ1) is 11.3. The van der Waals surface area contributed by atoms with Crippen LogP contribution in [0.5, 0.6) is 0 Å². The van der Waals surface area contributed by atoms with Crippen molar-refractivity contribution in [1.29, 1.82) is 5.26 Å². The second kappa shape index (κ2) is 4.74. The van der Waals surface area contributed by atoms with Crippen LogP contribution in [0, 0.1) is 18.3 Å². The van der Waals surface area contributed by atoms with Crippen LogP contribution in [0.1, 0.15) is 17.0 Å². The van der Waals surface area contributed by atoms with Crippen molar-refractivity contribution < 1.29 is 4.42 Å². The third-order valence-corrected chi connectivity index (χ3v) is 2.58. The van der Waals surface area contributed by atoms with Crippen molar-refractivity contribution in [2.24, 2.45) is 7.05 Å². The van der Waals surface area contributed by atoms with Crippen LogP contribution in [-0.2, 0) is 13.5 Å². The molecule has 17 heavy (non-hydrogen) atoms. The summed E-state index contributed by atoms with van der Waals surface area (Å²) in [6.07, 6.45) is 2.44. The summed E-state index contributed by atoms with van der Waals surface area (Å²) in [5.41, 5.74) is 1.35. The van der Waals surface area contributed by atoms with Gasteiger partial charge < -0.3 is 9.73 Å². The van der Waals surface area contributed by atoms with Crippen molar-refractivity contribution in [2.75, 3.05) is 11.9 Å². The van der Waals surface area contributed by atoms with Gasteiger partial charge in [0.25, 0.3) is 0 Å². The van der Waals surface area contributed by atoms with Crippen molar-refractivity contribution in [3.63, 3.8) is 0 Å². The van der Waals surface area contributed by atoms with Crippen molar-refractivity contribution in [2.45, 2.75) is 13.3 Å². The number of nitrogens with one attached hydrogen (secondary N) is 1. The molecule has 0 aromatic carbocycles. The first-order valence-corrected chi connectivity index (χ1v) is 5.42. The molecule has 0 radical (unpaired) electrons. The van der Waals surface area contributed by atoms with Gasteiger partial charge >= 0.3 is 0 Å². The van der Waals surface area contributed by atoms with E-state index in [1.54, 1.807) is 10.9 Å². The van der Waals surface area contributed by atoms with E-state index >= 15 is 0 Å². The van der Waals surface area contributed by atoms with Gasteiger partial charge in [-0.2, -0.15) is 10.4 Å². The molecule has 88 valence electrons. The second-order valence-corrected chi connectivity index (χ2v) is 3.80. The molecule has 0 aliphatic heterocycles. The lowest BCUT2D eigenvalue weighted by molar-refractivity contribution is 0.512. The van der Waals surface area contributed by atoms with Gasteiger partial charge in [0.2, 0.25) is 0 Å². The summed E-state index contributed by atoms with van der Waals surface area (Å²) in [4.78, 5) is 0. The molecule has 0 fully saturated rings. The second-order valence-electron chi connectivity index (χ2n) is 3.80. The smallest absolute Gasteiger partial charge is 0.142 e. The van der Waals surface area contributed by atoms with E-state index in [-0.39, 0.29) is 0 Å². The van der Waals surface area contributed by atoms with Gasteiger partial charge in [0, 0.05) is 20.0 Å². The van der Waals surface area contributed by atoms with Crippen molar-refractivity contribution in [3.05, 3.63) is 35.4 Å². The van der Waals surface area contributed by atoms with Gasteiger partial charge in [0.15, 0.2) is 0 Å². The predicted molar refractivity (Wildman–Crippen MR) is 63.6 cm³/mol. The van der Waals surface area contributed by atoms with E-state index in [1.165, 1.54) is 0 Å². The van der Waals surface area contributed by atoms with Gasteiger partial charge in [-0.3, -0.25) is 4.68 Å². The number of nitrogens with zero attached hydrogens (tertiary/aromatic N) is 3. The number of aryl methyl sites for hydroxylation is 2. The Hall–Kier alpha value is -2.22. The molecule has 1 N–H and O–H groups in total. The highest BCUT2D eigenvalue weighted by Gasteiger charge is 2.11. The molecule has 2 aromatic heterocycles. The Labute approximate surface area is 99.7 Å². The number of hydrogen-bond donors (Lipinski definition) is 1. The van der Waals surface area contributed by atoms with Crippen LogP contribution in [0.15, 0.2) is 22.8 Å². The summed E-state index contributed by atoms with van der Waals surface area (Å²) in [5, 5.41) is 16.4. The maximum atomic E-state index is 9.03. The maximum Gasteiger partial charge on any atom is 0.142 e. The molecule has 2 heterocycles.